The summed E-state index contributed by atoms with van der Waals surface area (Å²) in [6.45, 7) is 6.06. The van der Waals surface area contributed by atoms with E-state index in [1.54, 1.807) is 11.8 Å². The minimum Gasteiger partial charge on any atom is -0.340 e. The average Bonchev–Trinajstić information content (AvgIpc) is 2.85. The van der Waals surface area contributed by atoms with Crippen LogP contribution in [-0.4, -0.2) is 45.5 Å². The molecule has 0 unspecified atom stereocenters. The van der Waals surface area contributed by atoms with Crippen LogP contribution in [0, 0.1) is 6.92 Å². The fraction of sp³-hybridized carbons (Fsp3) is 0.692. The molecule has 0 atom stereocenters. The molecule has 0 aromatic carbocycles. The highest BCUT2D eigenvalue weighted by molar-refractivity contribution is 5.97. The van der Waals surface area contributed by atoms with Crippen molar-refractivity contribution in [1.29, 1.82) is 0 Å². The second-order valence-electron chi connectivity index (χ2n) is 5.05. The first-order valence-corrected chi connectivity index (χ1v) is 6.90. The van der Waals surface area contributed by atoms with Crippen molar-refractivity contribution in [2.45, 2.75) is 45.6 Å². The number of aromatic nitrogens is 2. The zero-order valence-electron chi connectivity index (χ0n) is 12.1. The van der Waals surface area contributed by atoms with Crippen molar-refractivity contribution in [3.63, 3.8) is 0 Å². The molecule has 2 rings (SSSR count). The highest BCUT2D eigenvalue weighted by atomic mass is 16.5. The predicted octanol–water partition coefficient (Wildman–Crippen LogP) is 0.438. The van der Waals surface area contributed by atoms with E-state index in [9.17, 15) is 9.59 Å². The van der Waals surface area contributed by atoms with Crippen molar-refractivity contribution in [3.05, 3.63) is 11.7 Å². The second kappa shape index (κ2) is 5.60. The van der Waals surface area contributed by atoms with E-state index in [4.69, 9.17) is 4.52 Å². The molecular formula is C13H20N4O3. The topological polar surface area (TPSA) is 88.3 Å². The van der Waals surface area contributed by atoms with Gasteiger partial charge >= 0.3 is 0 Å². The summed E-state index contributed by atoms with van der Waals surface area (Å²) in [7, 11) is 0. The van der Waals surface area contributed by atoms with Gasteiger partial charge in [0.25, 0.3) is 0 Å². The van der Waals surface area contributed by atoms with E-state index in [1.165, 1.54) is 0 Å². The van der Waals surface area contributed by atoms with Gasteiger partial charge in [0.05, 0.1) is 6.54 Å². The fourth-order valence-electron chi connectivity index (χ4n) is 2.49. The Kier molecular flexibility index (Phi) is 4.06. The molecule has 0 aliphatic carbocycles. The van der Waals surface area contributed by atoms with Crippen LogP contribution in [-0.2, 0) is 16.0 Å². The summed E-state index contributed by atoms with van der Waals surface area (Å²) < 4.78 is 5.02. The van der Waals surface area contributed by atoms with E-state index in [2.05, 4.69) is 15.5 Å². The van der Waals surface area contributed by atoms with Gasteiger partial charge in [-0.05, 0) is 19.8 Å². The third-order valence-electron chi connectivity index (χ3n) is 3.78. The molecule has 0 radical (unpaired) electrons. The summed E-state index contributed by atoms with van der Waals surface area (Å²) >= 11 is 0. The second-order valence-corrected chi connectivity index (χ2v) is 5.05. The van der Waals surface area contributed by atoms with Crippen LogP contribution in [0.5, 0.6) is 0 Å². The van der Waals surface area contributed by atoms with Gasteiger partial charge in [0.1, 0.15) is 5.54 Å². The zero-order chi connectivity index (χ0) is 14.8. The summed E-state index contributed by atoms with van der Waals surface area (Å²) in [5.41, 5.74) is -0.764. The van der Waals surface area contributed by atoms with Crippen molar-refractivity contribution in [3.8, 4) is 0 Å². The molecule has 7 heteroatoms. The van der Waals surface area contributed by atoms with Gasteiger partial charge in [-0.1, -0.05) is 19.0 Å². The lowest BCUT2D eigenvalue weighted by atomic mass is 9.89. The van der Waals surface area contributed by atoms with Crippen molar-refractivity contribution < 1.29 is 14.1 Å². The first kappa shape index (κ1) is 14.5. The Morgan fingerprint density at radius 2 is 2.05 bits per heavy atom. The Morgan fingerprint density at radius 3 is 2.60 bits per heavy atom. The molecule has 0 saturated carbocycles. The third-order valence-corrected chi connectivity index (χ3v) is 3.78. The van der Waals surface area contributed by atoms with Gasteiger partial charge in [-0.3, -0.25) is 9.59 Å². The summed E-state index contributed by atoms with van der Waals surface area (Å²) in [4.78, 5) is 30.0. The third kappa shape index (κ3) is 2.66. The molecule has 7 nitrogen and oxygen atoms in total. The molecular weight excluding hydrogens is 260 g/mol. The zero-order valence-corrected chi connectivity index (χ0v) is 12.1. The van der Waals surface area contributed by atoms with Gasteiger partial charge in [0, 0.05) is 13.0 Å². The molecule has 20 heavy (non-hydrogen) atoms. The predicted molar refractivity (Wildman–Crippen MR) is 70.8 cm³/mol. The Morgan fingerprint density at radius 1 is 1.35 bits per heavy atom. The Hall–Kier alpha value is -1.92. The first-order valence-electron chi connectivity index (χ1n) is 6.90. The van der Waals surface area contributed by atoms with Crippen LogP contribution >= 0.6 is 0 Å². The number of amides is 2. The first-order chi connectivity index (χ1) is 9.50. The maximum Gasteiger partial charge on any atom is 0.248 e. The molecule has 2 heterocycles. The summed E-state index contributed by atoms with van der Waals surface area (Å²) in [5.74, 6) is 0.910. The van der Waals surface area contributed by atoms with Crippen LogP contribution in [0.2, 0.25) is 0 Å². The lowest BCUT2D eigenvalue weighted by molar-refractivity contribution is -0.150. The van der Waals surface area contributed by atoms with Gasteiger partial charge in [-0.25, -0.2) is 0 Å². The Balaban J connectivity index is 2.06. The van der Waals surface area contributed by atoms with Gasteiger partial charge < -0.3 is 14.7 Å². The molecule has 1 aromatic heterocycles. The standard InChI is InChI=1S/C13H20N4O3/c1-4-13(5-2)12(19)17(8-10(18)15-13)7-6-11-14-9(3)16-20-11/h4-8H2,1-3H3,(H,15,18). The summed E-state index contributed by atoms with van der Waals surface area (Å²) in [5, 5.41) is 6.54. The molecule has 1 aliphatic rings. The molecule has 2 amide bonds. The normalized spacial score (nSPS) is 18.2. The molecule has 110 valence electrons. The molecule has 0 bridgehead atoms. The van der Waals surface area contributed by atoms with Crippen molar-refractivity contribution in [1.82, 2.24) is 20.4 Å². The van der Waals surface area contributed by atoms with E-state index in [-0.39, 0.29) is 18.4 Å². The summed E-state index contributed by atoms with van der Waals surface area (Å²) in [6, 6.07) is 0. The lowest BCUT2D eigenvalue weighted by Gasteiger charge is -2.41. The summed E-state index contributed by atoms with van der Waals surface area (Å²) in [6.07, 6.45) is 1.64. The minimum atomic E-state index is -0.764. The van der Waals surface area contributed by atoms with Crippen LogP contribution in [0.15, 0.2) is 4.52 Å². The van der Waals surface area contributed by atoms with Crippen LogP contribution in [0.4, 0.5) is 0 Å². The number of nitrogens with zero attached hydrogens (tertiary/aromatic N) is 3. The maximum atomic E-state index is 12.5. The Labute approximate surface area is 117 Å². The highest BCUT2D eigenvalue weighted by Gasteiger charge is 2.43. The van der Waals surface area contributed by atoms with E-state index < -0.39 is 5.54 Å². The molecule has 1 N–H and O–H groups in total. The van der Waals surface area contributed by atoms with E-state index in [0.717, 1.165) is 0 Å². The van der Waals surface area contributed by atoms with E-state index >= 15 is 0 Å². The van der Waals surface area contributed by atoms with Crippen molar-refractivity contribution >= 4 is 11.8 Å². The number of hydrogen-bond donors (Lipinski definition) is 1. The van der Waals surface area contributed by atoms with Crippen LogP contribution in [0.1, 0.15) is 38.4 Å². The number of hydrogen-bond acceptors (Lipinski definition) is 5. The molecule has 1 fully saturated rings. The lowest BCUT2D eigenvalue weighted by Crippen LogP contribution is -2.66. The Bertz CT molecular complexity index is 507. The monoisotopic (exact) mass is 280 g/mol. The largest absolute Gasteiger partial charge is 0.340 e. The molecule has 0 spiro atoms. The molecule has 1 aliphatic heterocycles. The quantitative estimate of drug-likeness (QED) is 0.845. The molecule has 1 saturated heterocycles. The van der Waals surface area contributed by atoms with Crippen molar-refractivity contribution in [2.24, 2.45) is 0 Å². The number of rotatable bonds is 5. The van der Waals surface area contributed by atoms with Crippen LogP contribution in [0.3, 0.4) is 0 Å². The molecule has 1 aromatic rings. The van der Waals surface area contributed by atoms with Crippen LogP contribution < -0.4 is 5.32 Å². The highest BCUT2D eigenvalue weighted by Crippen LogP contribution is 2.22. The smallest absolute Gasteiger partial charge is 0.248 e. The van der Waals surface area contributed by atoms with Gasteiger partial charge in [0.2, 0.25) is 17.7 Å². The van der Waals surface area contributed by atoms with Gasteiger partial charge in [0.15, 0.2) is 5.82 Å². The van der Waals surface area contributed by atoms with E-state index in [0.29, 0.717) is 37.5 Å². The van der Waals surface area contributed by atoms with Gasteiger partial charge in [-0.15, -0.1) is 0 Å². The number of aryl methyl sites for hydroxylation is 1. The SMILES string of the molecule is CCC1(CC)NC(=O)CN(CCc2nc(C)no2)C1=O. The van der Waals surface area contributed by atoms with Crippen LogP contribution in [0.25, 0.3) is 0 Å². The minimum absolute atomic E-state index is 0.0293. The van der Waals surface area contributed by atoms with E-state index in [1.807, 2.05) is 13.8 Å². The average molecular weight is 280 g/mol. The fourth-order valence-corrected chi connectivity index (χ4v) is 2.49. The number of carbonyl (C=O) groups is 2. The number of carbonyl (C=O) groups excluding carboxylic acids is 2. The van der Waals surface area contributed by atoms with Gasteiger partial charge in [-0.2, -0.15) is 4.98 Å². The number of piperazine rings is 1. The number of nitrogens with one attached hydrogen (secondary N) is 1. The van der Waals surface area contributed by atoms with Crippen molar-refractivity contribution in [2.75, 3.05) is 13.1 Å². The maximum absolute atomic E-state index is 12.5.